The predicted molar refractivity (Wildman–Crippen MR) is 343 cm³/mol. The fourth-order valence-corrected chi connectivity index (χ4v) is 11.4. The average Bonchev–Trinajstić information content (AvgIpc) is 1.88. The van der Waals surface area contributed by atoms with Gasteiger partial charge in [-0.05, 0) is 175 Å². The highest BCUT2D eigenvalue weighted by molar-refractivity contribution is 6.11. The van der Waals surface area contributed by atoms with E-state index in [9.17, 15) is 10.2 Å². The quantitative estimate of drug-likeness (QED) is 0.149. The molecule has 0 amide bonds. The number of phenols is 2. The molecule has 83 heavy (non-hydrogen) atoms. The van der Waals surface area contributed by atoms with Crippen LogP contribution in [0.5, 0.6) is 23.0 Å². The van der Waals surface area contributed by atoms with Gasteiger partial charge in [-0.25, -0.2) is 8.78 Å². The summed E-state index contributed by atoms with van der Waals surface area (Å²) in [5.41, 5.74) is 11.5. The minimum atomic E-state index is -1.51. The number of fused-ring (bicyclic) bond motifs is 6. The summed E-state index contributed by atoms with van der Waals surface area (Å²) in [5, 5.41) is 30.2. The van der Waals surface area contributed by atoms with E-state index in [2.05, 4.69) is 207 Å². The van der Waals surface area contributed by atoms with Crippen molar-refractivity contribution in [2.24, 2.45) is 0 Å². The van der Waals surface area contributed by atoms with Crippen LogP contribution in [0.15, 0.2) is 133 Å². The molecule has 0 saturated carbocycles. The standard InChI is InChI=1S/C75H84F2N2O4/c1-69(2,3)43-21-27-59-51(33-43)52-34-44(70(4,5)6)22-28-60(52)78(59)63-39-47(73(13,14)15)37-57(67(63)80)55-41-49(76)25-31-65(55)82-75(19,20)83-66-32-26-50(77)42-56(66)58-38-48(74(16,17)18)40-64(68(58)81)79-61-29-23-45(71(7,8)9)35-53(61)54-36-46(72(10,11)12)24-30-62(54)79/h21-42,80-81H,1-20H3. The Hall–Kier alpha value is -7.58. The number of aromatic nitrogens is 2. The zero-order valence-electron chi connectivity index (χ0n) is 52.6. The Balaban J connectivity index is 1.11. The SMILES string of the molecule is CC(C)(Oc1ccc(F)cc1-c1cc(C(C)(C)C)cc(-n2c3ccc(C(C)(C)C)cc3c3cc(C(C)(C)C)ccc32)c1O)Oc1ccc(F)cc1-c1cc(C(C)(C)C)cc(-n2c3ccc(C(C)(C)C)cc3c3cc(C(C)(C)C)ccc32)c1O. The molecule has 8 aromatic carbocycles. The molecule has 0 fully saturated rings. The highest BCUT2D eigenvalue weighted by atomic mass is 19.1. The van der Waals surface area contributed by atoms with Gasteiger partial charge in [0, 0.05) is 57.6 Å². The molecule has 10 rings (SSSR count). The number of aromatic hydroxyl groups is 2. The van der Waals surface area contributed by atoms with E-state index in [-0.39, 0.29) is 44.7 Å². The smallest absolute Gasteiger partial charge is 0.245 e. The fraction of sp³-hybridized carbons (Fsp3) is 0.360. The van der Waals surface area contributed by atoms with Gasteiger partial charge >= 0.3 is 0 Å². The van der Waals surface area contributed by atoms with Gasteiger partial charge in [-0.15, -0.1) is 0 Å². The summed E-state index contributed by atoms with van der Waals surface area (Å²) in [6.07, 6.45) is 0. The lowest BCUT2D eigenvalue weighted by Crippen LogP contribution is -2.35. The summed E-state index contributed by atoms with van der Waals surface area (Å²) < 4.78 is 50.0. The molecule has 10 aromatic rings. The maximum atomic E-state index is 16.0. The fourth-order valence-electron chi connectivity index (χ4n) is 11.4. The van der Waals surface area contributed by atoms with Crippen molar-refractivity contribution in [3.63, 3.8) is 0 Å². The minimum Gasteiger partial charge on any atom is -0.505 e. The van der Waals surface area contributed by atoms with Crippen LogP contribution in [-0.4, -0.2) is 25.1 Å². The molecule has 0 bridgehead atoms. The van der Waals surface area contributed by atoms with Gasteiger partial charge in [0.05, 0.1) is 33.4 Å². The van der Waals surface area contributed by atoms with Crippen LogP contribution in [-0.2, 0) is 32.5 Å². The first-order valence-electron chi connectivity index (χ1n) is 29.2. The van der Waals surface area contributed by atoms with Crippen molar-refractivity contribution >= 4 is 43.6 Å². The van der Waals surface area contributed by atoms with E-state index in [0.29, 0.717) is 33.6 Å². The van der Waals surface area contributed by atoms with Crippen molar-refractivity contribution in [2.75, 3.05) is 0 Å². The van der Waals surface area contributed by atoms with Crippen molar-refractivity contribution in [3.05, 3.63) is 178 Å². The molecule has 0 atom stereocenters. The molecule has 0 spiro atoms. The lowest BCUT2D eigenvalue weighted by molar-refractivity contribution is -0.0803. The lowest BCUT2D eigenvalue weighted by atomic mass is 9.84. The number of rotatable bonds is 8. The zero-order chi connectivity index (χ0) is 60.6. The first kappa shape index (κ1) is 58.6. The normalized spacial score (nSPS) is 13.3. The van der Waals surface area contributed by atoms with Crippen molar-refractivity contribution in [1.82, 2.24) is 9.13 Å². The van der Waals surface area contributed by atoms with Crippen molar-refractivity contribution in [2.45, 2.75) is 177 Å². The Bertz CT molecular complexity index is 3810. The molecule has 0 aliphatic rings. The Kier molecular flexibility index (Phi) is 14.0. The summed E-state index contributed by atoms with van der Waals surface area (Å²) in [7, 11) is 0. The monoisotopic (exact) mass is 1110 g/mol. The molecule has 0 unspecified atom stereocenters. The van der Waals surface area contributed by atoms with Crippen LogP contribution in [0.25, 0.3) is 77.2 Å². The molecule has 432 valence electrons. The number of hydrogen-bond donors (Lipinski definition) is 2. The van der Waals surface area contributed by atoms with Crippen molar-refractivity contribution in [1.29, 1.82) is 0 Å². The van der Waals surface area contributed by atoms with Gasteiger partial charge in [0.25, 0.3) is 0 Å². The van der Waals surface area contributed by atoms with Crippen LogP contribution in [0, 0.1) is 11.6 Å². The Labute approximate surface area is 490 Å². The summed E-state index contributed by atoms with van der Waals surface area (Å²) in [6.45, 7) is 42.8. The van der Waals surface area contributed by atoms with Gasteiger partial charge in [0.15, 0.2) is 0 Å². The molecule has 0 aliphatic carbocycles. The molecule has 2 N–H and O–H groups in total. The highest BCUT2D eigenvalue weighted by Gasteiger charge is 2.32. The molecule has 0 saturated heterocycles. The molecule has 8 heteroatoms. The van der Waals surface area contributed by atoms with E-state index in [1.807, 2.05) is 24.3 Å². The number of benzene rings is 8. The molecule has 2 aromatic heterocycles. The van der Waals surface area contributed by atoms with Crippen LogP contribution >= 0.6 is 0 Å². The number of ether oxygens (including phenoxy) is 2. The third-order valence-electron chi connectivity index (χ3n) is 16.6. The third-order valence-corrected chi connectivity index (χ3v) is 16.6. The van der Waals surface area contributed by atoms with Crippen LogP contribution in [0.2, 0.25) is 0 Å². The Morgan fingerprint density at radius 3 is 0.819 bits per heavy atom. The van der Waals surface area contributed by atoms with Crippen LogP contribution in [0.4, 0.5) is 8.78 Å². The maximum absolute atomic E-state index is 16.0. The van der Waals surface area contributed by atoms with Crippen LogP contribution < -0.4 is 9.47 Å². The summed E-state index contributed by atoms with van der Waals surface area (Å²) in [4.78, 5) is 0. The second-order valence-corrected chi connectivity index (χ2v) is 29.8. The van der Waals surface area contributed by atoms with Gasteiger partial charge < -0.3 is 28.8 Å². The minimum absolute atomic E-state index is 0.0517. The van der Waals surface area contributed by atoms with Crippen LogP contribution in [0.1, 0.15) is 172 Å². The van der Waals surface area contributed by atoms with Gasteiger partial charge in [0.1, 0.15) is 34.6 Å². The number of halogens is 2. The van der Waals surface area contributed by atoms with E-state index in [4.69, 9.17) is 9.47 Å². The number of hydrogen-bond acceptors (Lipinski definition) is 4. The van der Waals surface area contributed by atoms with E-state index in [1.165, 1.54) is 46.5 Å². The van der Waals surface area contributed by atoms with E-state index in [0.717, 1.165) is 54.7 Å². The first-order valence-corrected chi connectivity index (χ1v) is 29.2. The Morgan fingerprint density at radius 2 is 0.566 bits per heavy atom. The molecule has 0 radical (unpaired) electrons. The first-order chi connectivity index (χ1) is 38.3. The van der Waals surface area contributed by atoms with Crippen molar-refractivity contribution in [3.8, 4) is 56.6 Å². The average molecular weight is 1120 g/mol. The summed E-state index contributed by atoms with van der Waals surface area (Å²) in [5.74, 6) is -2.16. The van der Waals surface area contributed by atoms with Gasteiger partial charge in [-0.1, -0.05) is 149 Å². The topological polar surface area (TPSA) is 68.8 Å². The largest absolute Gasteiger partial charge is 0.505 e. The van der Waals surface area contributed by atoms with E-state index >= 15 is 8.78 Å². The highest BCUT2D eigenvalue weighted by Crippen LogP contribution is 2.50. The van der Waals surface area contributed by atoms with Crippen LogP contribution in [0.3, 0.4) is 0 Å². The van der Waals surface area contributed by atoms with E-state index in [1.54, 1.807) is 26.0 Å². The molecular formula is C75H84F2N2O4. The van der Waals surface area contributed by atoms with E-state index < -0.39 is 28.3 Å². The molecule has 2 heterocycles. The van der Waals surface area contributed by atoms with Gasteiger partial charge in [-0.2, -0.15) is 0 Å². The molecule has 0 aliphatic heterocycles. The van der Waals surface area contributed by atoms with Crippen molar-refractivity contribution < 1.29 is 28.5 Å². The summed E-state index contributed by atoms with van der Waals surface area (Å²) >= 11 is 0. The number of phenolic OH excluding ortho intramolecular Hbond substituents is 2. The summed E-state index contributed by atoms with van der Waals surface area (Å²) in [6, 6.07) is 42.8. The second kappa shape index (κ2) is 19.8. The second-order valence-electron chi connectivity index (χ2n) is 29.8. The Morgan fingerprint density at radius 1 is 0.301 bits per heavy atom. The van der Waals surface area contributed by atoms with Gasteiger partial charge in [0.2, 0.25) is 5.79 Å². The zero-order valence-corrected chi connectivity index (χ0v) is 52.6. The lowest BCUT2D eigenvalue weighted by Gasteiger charge is -2.30. The number of nitrogens with zero attached hydrogens (tertiary/aromatic N) is 2. The molecule has 6 nitrogen and oxygen atoms in total. The maximum Gasteiger partial charge on any atom is 0.245 e. The predicted octanol–water partition coefficient (Wildman–Crippen LogP) is 20.9. The molecular weight excluding hydrogens is 1030 g/mol. The third kappa shape index (κ3) is 11.0. The van der Waals surface area contributed by atoms with Gasteiger partial charge in [-0.3, -0.25) is 0 Å².